The highest BCUT2D eigenvalue weighted by atomic mass is 35.5. The standard InChI is InChI=1S/C21H19ClN2O4/c1-2-24-11-18(28-20(26)27)19(25)13-9-15(16(22)10-17(13)24)21(23)8-7-12-5-3-4-6-14(12)21/h3-6,9-11H,2,7-8,23H2,1H3,(H,26,27). The molecule has 1 aliphatic carbocycles. The van der Waals surface area contributed by atoms with Gasteiger partial charge in [-0.3, -0.25) is 4.79 Å². The number of ether oxygens (including phenoxy) is 1. The summed E-state index contributed by atoms with van der Waals surface area (Å²) in [6.07, 6.45) is 1.35. The first-order valence-corrected chi connectivity index (χ1v) is 9.38. The molecule has 6 nitrogen and oxygen atoms in total. The molecule has 144 valence electrons. The lowest BCUT2D eigenvalue weighted by Crippen LogP contribution is -2.36. The van der Waals surface area contributed by atoms with Crippen molar-refractivity contribution >= 4 is 28.7 Å². The van der Waals surface area contributed by atoms with Crippen molar-refractivity contribution in [2.45, 2.75) is 31.8 Å². The molecule has 3 aromatic rings. The van der Waals surface area contributed by atoms with Crippen molar-refractivity contribution in [2.75, 3.05) is 0 Å². The van der Waals surface area contributed by atoms with Crippen molar-refractivity contribution < 1.29 is 14.6 Å². The highest BCUT2D eigenvalue weighted by Gasteiger charge is 2.38. The van der Waals surface area contributed by atoms with Crippen LogP contribution in [0.5, 0.6) is 5.75 Å². The molecule has 0 bridgehead atoms. The predicted molar refractivity (Wildman–Crippen MR) is 107 cm³/mol. The fraction of sp³-hybridized carbons (Fsp3) is 0.238. The number of hydrogen-bond acceptors (Lipinski definition) is 4. The average Bonchev–Trinajstić information content (AvgIpc) is 3.01. The van der Waals surface area contributed by atoms with E-state index in [-0.39, 0.29) is 5.75 Å². The topological polar surface area (TPSA) is 94.5 Å². The normalized spacial score (nSPS) is 18.2. The molecule has 0 aliphatic heterocycles. The second kappa shape index (κ2) is 6.65. The molecule has 0 radical (unpaired) electrons. The summed E-state index contributed by atoms with van der Waals surface area (Å²) in [7, 11) is 0. The van der Waals surface area contributed by atoms with Crippen LogP contribution in [-0.2, 0) is 18.5 Å². The van der Waals surface area contributed by atoms with Crippen LogP contribution < -0.4 is 15.9 Å². The summed E-state index contributed by atoms with van der Waals surface area (Å²) in [6.45, 7) is 2.40. The number of aryl methyl sites for hydroxylation is 2. The maximum atomic E-state index is 12.9. The van der Waals surface area contributed by atoms with Crippen LogP contribution in [0.1, 0.15) is 30.0 Å². The Balaban J connectivity index is 1.99. The number of benzene rings is 2. The van der Waals surface area contributed by atoms with E-state index in [0.717, 1.165) is 17.5 Å². The quantitative estimate of drug-likeness (QED) is 0.653. The number of halogens is 1. The largest absolute Gasteiger partial charge is 0.511 e. The third-order valence-electron chi connectivity index (χ3n) is 5.44. The molecule has 0 saturated carbocycles. The van der Waals surface area contributed by atoms with E-state index < -0.39 is 17.1 Å². The fourth-order valence-electron chi connectivity index (χ4n) is 4.07. The molecular weight excluding hydrogens is 380 g/mol. The van der Waals surface area contributed by atoms with Crippen molar-refractivity contribution in [3.05, 3.63) is 74.5 Å². The van der Waals surface area contributed by atoms with Gasteiger partial charge in [-0.1, -0.05) is 35.9 Å². The molecule has 28 heavy (non-hydrogen) atoms. The Morgan fingerprint density at radius 3 is 2.79 bits per heavy atom. The zero-order valence-electron chi connectivity index (χ0n) is 15.2. The summed E-state index contributed by atoms with van der Waals surface area (Å²) in [5.74, 6) is -0.243. The summed E-state index contributed by atoms with van der Waals surface area (Å²) < 4.78 is 6.42. The average molecular weight is 399 g/mol. The van der Waals surface area contributed by atoms with E-state index in [9.17, 15) is 9.59 Å². The molecule has 0 amide bonds. The maximum Gasteiger partial charge on any atom is 0.511 e. The Labute approximate surface area is 166 Å². The van der Waals surface area contributed by atoms with Gasteiger partial charge in [0.15, 0.2) is 5.75 Å². The van der Waals surface area contributed by atoms with E-state index in [2.05, 4.69) is 0 Å². The predicted octanol–water partition coefficient (Wildman–Crippen LogP) is 3.88. The number of hydrogen-bond donors (Lipinski definition) is 2. The molecule has 1 aromatic heterocycles. The molecule has 1 aliphatic rings. The van der Waals surface area contributed by atoms with Gasteiger partial charge in [0, 0.05) is 11.6 Å². The highest BCUT2D eigenvalue weighted by molar-refractivity contribution is 6.32. The van der Waals surface area contributed by atoms with Crippen molar-refractivity contribution in [2.24, 2.45) is 5.73 Å². The first-order chi connectivity index (χ1) is 13.3. The van der Waals surface area contributed by atoms with Gasteiger partial charge in [0.2, 0.25) is 5.43 Å². The van der Waals surface area contributed by atoms with Crippen LogP contribution in [0.3, 0.4) is 0 Å². The van der Waals surface area contributed by atoms with Crippen molar-refractivity contribution in [1.82, 2.24) is 4.57 Å². The molecule has 2 aromatic carbocycles. The smallest absolute Gasteiger partial charge is 0.449 e. The molecule has 0 fully saturated rings. The van der Waals surface area contributed by atoms with Gasteiger partial charge in [-0.2, -0.15) is 0 Å². The van der Waals surface area contributed by atoms with Crippen LogP contribution in [0.4, 0.5) is 4.79 Å². The van der Waals surface area contributed by atoms with E-state index in [0.29, 0.717) is 34.5 Å². The van der Waals surface area contributed by atoms with Gasteiger partial charge in [0.1, 0.15) is 0 Å². The van der Waals surface area contributed by atoms with Gasteiger partial charge in [-0.25, -0.2) is 4.79 Å². The number of pyridine rings is 1. The van der Waals surface area contributed by atoms with Gasteiger partial charge < -0.3 is 20.1 Å². The summed E-state index contributed by atoms with van der Waals surface area (Å²) >= 11 is 6.62. The number of aromatic nitrogens is 1. The number of carbonyl (C=O) groups is 1. The Bertz CT molecular complexity index is 1170. The van der Waals surface area contributed by atoms with Gasteiger partial charge in [0.25, 0.3) is 0 Å². The molecule has 1 heterocycles. The number of carboxylic acid groups (broad SMARTS) is 1. The third-order valence-corrected chi connectivity index (χ3v) is 5.75. The molecule has 3 N–H and O–H groups in total. The van der Waals surface area contributed by atoms with E-state index >= 15 is 0 Å². The highest BCUT2D eigenvalue weighted by Crippen LogP contribution is 2.43. The first kappa shape index (κ1) is 18.5. The zero-order chi connectivity index (χ0) is 20.1. The minimum atomic E-state index is -1.53. The van der Waals surface area contributed by atoms with Gasteiger partial charge in [0.05, 0.1) is 22.6 Å². The third kappa shape index (κ3) is 2.77. The monoisotopic (exact) mass is 398 g/mol. The van der Waals surface area contributed by atoms with E-state index in [1.54, 1.807) is 16.7 Å². The first-order valence-electron chi connectivity index (χ1n) is 9.00. The molecule has 0 spiro atoms. The van der Waals surface area contributed by atoms with Crippen LogP contribution in [0.2, 0.25) is 5.02 Å². The summed E-state index contributed by atoms with van der Waals surface area (Å²) in [4.78, 5) is 23.8. The van der Waals surface area contributed by atoms with Gasteiger partial charge >= 0.3 is 6.16 Å². The second-order valence-electron chi connectivity index (χ2n) is 6.95. The molecular formula is C21H19ClN2O4. The van der Waals surface area contributed by atoms with Crippen LogP contribution >= 0.6 is 11.6 Å². The lowest BCUT2D eigenvalue weighted by Gasteiger charge is -2.28. The lowest BCUT2D eigenvalue weighted by atomic mass is 9.84. The maximum absolute atomic E-state index is 12.9. The van der Waals surface area contributed by atoms with Crippen LogP contribution in [0.15, 0.2) is 47.4 Å². The summed E-state index contributed by atoms with van der Waals surface area (Å²) in [6, 6.07) is 11.3. The summed E-state index contributed by atoms with van der Waals surface area (Å²) in [5.41, 5.74) is 8.90. The fourth-order valence-corrected chi connectivity index (χ4v) is 4.40. The van der Waals surface area contributed by atoms with Gasteiger partial charge in [-0.05, 0) is 48.6 Å². The number of fused-ring (bicyclic) bond motifs is 2. The van der Waals surface area contributed by atoms with Crippen molar-refractivity contribution in [3.8, 4) is 5.75 Å². The van der Waals surface area contributed by atoms with Crippen LogP contribution in [-0.4, -0.2) is 15.8 Å². The van der Waals surface area contributed by atoms with Crippen molar-refractivity contribution in [3.63, 3.8) is 0 Å². The molecule has 0 saturated heterocycles. The number of rotatable bonds is 3. The van der Waals surface area contributed by atoms with Crippen LogP contribution in [0.25, 0.3) is 10.9 Å². The van der Waals surface area contributed by atoms with E-state index in [1.165, 1.54) is 6.20 Å². The second-order valence-corrected chi connectivity index (χ2v) is 7.36. The van der Waals surface area contributed by atoms with Gasteiger partial charge in [-0.15, -0.1) is 0 Å². The Hall–Kier alpha value is -2.83. The zero-order valence-corrected chi connectivity index (χ0v) is 16.0. The molecule has 7 heteroatoms. The molecule has 1 unspecified atom stereocenters. The Kier molecular flexibility index (Phi) is 4.40. The minimum absolute atomic E-state index is 0.243. The van der Waals surface area contributed by atoms with Crippen LogP contribution in [0, 0.1) is 0 Å². The van der Waals surface area contributed by atoms with E-state index in [1.807, 2.05) is 31.2 Å². The number of nitrogens with zero attached hydrogens (tertiary/aromatic N) is 1. The van der Waals surface area contributed by atoms with Crippen molar-refractivity contribution in [1.29, 1.82) is 0 Å². The molecule has 1 atom stereocenters. The number of nitrogens with two attached hydrogens (primary N) is 1. The SMILES string of the molecule is CCn1cc(OC(=O)O)c(=O)c2cc(C3(N)CCc4ccccc43)c(Cl)cc21. The Morgan fingerprint density at radius 1 is 1.32 bits per heavy atom. The minimum Gasteiger partial charge on any atom is -0.449 e. The molecule has 4 rings (SSSR count). The van der Waals surface area contributed by atoms with E-state index in [4.69, 9.17) is 27.2 Å². The Morgan fingerprint density at radius 2 is 2.07 bits per heavy atom. The summed E-state index contributed by atoms with van der Waals surface area (Å²) in [5, 5.41) is 9.74. The lowest BCUT2D eigenvalue weighted by molar-refractivity contribution is 0.144.